The van der Waals surface area contributed by atoms with Crippen LogP contribution in [0.25, 0.3) is 0 Å². The minimum absolute atomic E-state index is 0. The topological polar surface area (TPSA) is 50.9 Å². The number of hydrogen-bond donors (Lipinski definition) is 2. The van der Waals surface area contributed by atoms with Gasteiger partial charge in [0.1, 0.15) is 0 Å². The number of nitrogens with two attached hydrogens (primary N) is 1. The molecule has 12 heavy (non-hydrogen) atoms. The third kappa shape index (κ3) is 2.23. The van der Waals surface area contributed by atoms with E-state index in [0.717, 1.165) is 19.5 Å². The van der Waals surface area contributed by atoms with Crippen LogP contribution in [-0.4, -0.2) is 11.5 Å². The van der Waals surface area contributed by atoms with Crippen molar-refractivity contribution in [3.63, 3.8) is 0 Å². The molecule has 0 saturated heterocycles. The van der Waals surface area contributed by atoms with Crippen LogP contribution in [0, 0.1) is 0 Å². The number of halogens is 2. The normalized spacial score (nSPS) is 14.0. The summed E-state index contributed by atoms with van der Waals surface area (Å²) in [5.74, 6) is 0. The van der Waals surface area contributed by atoms with Crippen molar-refractivity contribution in [1.29, 1.82) is 0 Å². The molecule has 1 aromatic heterocycles. The van der Waals surface area contributed by atoms with Crippen LogP contribution in [0.4, 0.5) is 5.13 Å². The molecule has 0 saturated carbocycles. The first-order valence-electron chi connectivity index (χ1n) is 3.31. The largest absolute Gasteiger partial charge is 0.375 e. The van der Waals surface area contributed by atoms with E-state index in [1.165, 1.54) is 10.6 Å². The van der Waals surface area contributed by atoms with Gasteiger partial charge in [0.15, 0.2) is 5.13 Å². The molecule has 0 aliphatic carbocycles. The minimum Gasteiger partial charge on any atom is -0.375 e. The van der Waals surface area contributed by atoms with E-state index in [-0.39, 0.29) is 24.8 Å². The molecule has 0 fully saturated rings. The smallest absolute Gasteiger partial charge is 0.180 e. The van der Waals surface area contributed by atoms with Gasteiger partial charge in [-0.3, -0.25) is 0 Å². The molecule has 1 aromatic rings. The van der Waals surface area contributed by atoms with Gasteiger partial charge in [0.2, 0.25) is 0 Å². The molecule has 0 radical (unpaired) electrons. The van der Waals surface area contributed by atoms with Crippen LogP contribution >= 0.6 is 36.2 Å². The Morgan fingerprint density at radius 2 is 2.17 bits per heavy atom. The minimum atomic E-state index is 0. The zero-order chi connectivity index (χ0) is 6.97. The zero-order valence-electron chi connectivity index (χ0n) is 6.37. The summed E-state index contributed by atoms with van der Waals surface area (Å²) in [7, 11) is 0. The van der Waals surface area contributed by atoms with Crippen LogP contribution in [0.15, 0.2) is 0 Å². The molecule has 0 bridgehead atoms. The van der Waals surface area contributed by atoms with E-state index < -0.39 is 0 Å². The maximum Gasteiger partial charge on any atom is 0.180 e. The molecular weight excluding hydrogens is 217 g/mol. The maximum atomic E-state index is 5.54. The van der Waals surface area contributed by atoms with Gasteiger partial charge in [0, 0.05) is 24.4 Å². The Hall–Kier alpha value is -0.0300. The monoisotopic (exact) mass is 227 g/mol. The first-order chi connectivity index (χ1) is 4.86. The molecule has 0 spiro atoms. The van der Waals surface area contributed by atoms with Gasteiger partial charge in [0.25, 0.3) is 0 Å². The number of hydrogen-bond acceptors (Lipinski definition) is 4. The van der Waals surface area contributed by atoms with E-state index in [0.29, 0.717) is 5.13 Å². The van der Waals surface area contributed by atoms with E-state index in [4.69, 9.17) is 5.73 Å². The molecule has 1 aliphatic heterocycles. The number of nitrogen functional groups attached to an aromatic ring is 1. The fourth-order valence-electron chi connectivity index (χ4n) is 1.15. The molecule has 0 amide bonds. The molecule has 0 atom stereocenters. The Morgan fingerprint density at radius 3 is 2.83 bits per heavy atom. The highest BCUT2D eigenvalue weighted by molar-refractivity contribution is 7.15. The number of thiazole rings is 1. The molecule has 2 heterocycles. The van der Waals surface area contributed by atoms with Gasteiger partial charge >= 0.3 is 0 Å². The lowest BCUT2D eigenvalue weighted by Gasteiger charge is -2.09. The van der Waals surface area contributed by atoms with Crippen LogP contribution < -0.4 is 11.1 Å². The summed E-state index contributed by atoms with van der Waals surface area (Å²) in [5, 5.41) is 3.97. The van der Waals surface area contributed by atoms with E-state index in [1.54, 1.807) is 11.3 Å². The van der Waals surface area contributed by atoms with Gasteiger partial charge in [0.05, 0.1) is 5.69 Å². The highest BCUT2D eigenvalue weighted by Crippen LogP contribution is 2.22. The third-order valence-electron chi connectivity index (χ3n) is 1.62. The summed E-state index contributed by atoms with van der Waals surface area (Å²) < 4.78 is 0. The molecule has 0 unspecified atom stereocenters. The maximum absolute atomic E-state index is 5.54. The molecule has 70 valence electrons. The second-order valence-electron chi connectivity index (χ2n) is 2.35. The molecule has 2 rings (SSSR count). The van der Waals surface area contributed by atoms with Gasteiger partial charge < -0.3 is 11.1 Å². The number of rotatable bonds is 0. The average molecular weight is 228 g/mol. The van der Waals surface area contributed by atoms with Gasteiger partial charge in [-0.25, -0.2) is 4.98 Å². The summed E-state index contributed by atoms with van der Waals surface area (Å²) in [6, 6.07) is 0. The molecule has 1 aliphatic rings. The van der Waals surface area contributed by atoms with Gasteiger partial charge in [-0.1, -0.05) is 0 Å². The Morgan fingerprint density at radius 1 is 1.42 bits per heavy atom. The molecule has 0 aromatic carbocycles. The Labute approximate surface area is 87.6 Å². The van der Waals surface area contributed by atoms with E-state index in [9.17, 15) is 0 Å². The van der Waals surface area contributed by atoms with Crippen LogP contribution in [0.1, 0.15) is 10.6 Å². The van der Waals surface area contributed by atoms with Crippen molar-refractivity contribution in [2.75, 3.05) is 12.3 Å². The van der Waals surface area contributed by atoms with E-state index in [1.807, 2.05) is 0 Å². The van der Waals surface area contributed by atoms with Crippen molar-refractivity contribution >= 4 is 41.3 Å². The fraction of sp³-hybridized carbons (Fsp3) is 0.500. The highest BCUT2D eigenvalue weighted by atomic mass is 35.5. The average Bonchev–Trinajstić information content (AvgIpc) is 2.27. The lowest BCUT2D eigenvalue weighted by molar-refractivity contribution is 0.644. The highest BCUT2D eigenvalue weighted by Gasteiger charge is 2.12. The zero-order valence-corrected chi connectivity index (χ0v) is 8.82. The van der Waals surface area contributed by atoms with Crippen LogP contribution in [0.3, 0.4) is 0 Å². The van der Waals surface area contributed by atoms with Crippen LogP contribution in [0.2, 0.25) is 0 Å². The number of nitrogens with zero attached hydrogens (tertiary/aromatic N) is 1. The first kappa shape index (κ1) is 12.0. The third-order valence-corrected chi connectivity index (χ3v) is 2.55. The van der Waals surface area contributed by atoms with Crippen molar-refractivity contribution in [2.45, 2.75) is 13.0 Å². The predicted octanol–water partition coefficient (Wildman–Crippen LogP) is 1.21. The van der Waals surface area contributed by atoms with Gasteiger partial charge in [-0.15, -0.1) is 36.2 Å². The van der Waals surface area contributed by atoms with Gasteiger partial charge in [-0.05, 0) is 0 Å². The molecule has 3 N–H and O–H groups in total. The van der Waals surface area contributed by atoms with Crippen LogP contribution in [0.5, 0.6) is 0 Å². The lowest BCUT2D eigenvalue weighted by atomic mass is 10.2. The van der Waals surface area contributed by atoms with Crippen molar-refractivity contribution in [2.24, 2.45) is 0 Å². The number of fused-ring (bicyclic) bond motifs is 1. The number of nitrogens with one attached hydrogen (secondary N) is 1. The van der Waals surface area contributed by atoms with E-state index >= 15 is 0 Å². The Bertz CT molecular complexity index is 227. The fourth-order valence-corrected chi connectivity index (χ4v) is 1.99. The standard InChI is InChI=1S/C6H9N3S.2ClH/c7-6-9-4-1-2-8-3-5(4)10-6;;/h8H,1-3H2,(H2,7,9);2*1H. The second-order valence-corrected chi connectivity index (χ2v) is 3.46. The van der Waals surface area contributed by atoms with Crippen molar-refractivity contribution < 1.29 is 0 Å². The van der Waals surface area contributed by atoms with Crippen LogP contribution in [-0.2, 0) is 13.0 Å². The summed E-state index contributed by atoms with van der Waals surface area (Å²) in [6.45, 7) is 1.99. The number of aromatic nitrogens is 1. The quantitative estimate of drug-likeness (QED) is 0.701. The summed E-state index contributed by atoms with van der Waals surface area (Å²) >= 11 is 1.59. The summed E-state index contributed by atoms with van der Waals surface area (Å²) in [6.07, 6.45) is 1.03. The van der Waals surface area contributed by atoms with Crippen molar-refractivity contribution in [3.05, 3.63) is 10.6 Å². The molecule has 3 nitrogen and oxygen atoms in total. The van der Waals surface area contributed by atoms with Gasteiger partial charge in [-0.2, -0.15) is 0 Å². The first-order valence-corrected chi connectivity index (χ1v) is 4.12. The summed E-state index contributed by atoms with van der Waals surface area (Å²) in [4.78, 5) is 5.52. The molecule has 6 heteroatoms. The predicted molar refractivity (Wildman–Crippen MR) is 56.4 cm³/mol. The Kier molecular flexibility index (Phi) is 4.85. The lowest BCUT2D eigenvalue weighted by Crippen LogP contribution is -2.22. The van der Waals surface area contributed by atoms with Crippen molar-refractivity contribution in [1.82, 2.24) is 10.3 Å². The van der Waals surface area contributed by atoms with Crippen molar-refractivity contribution in [3.8, 4) is 0 Å². The number of anilines is 1. The SMILES string of the molecule is Cl.Cl.Nc1nc2c(s1)CNCC2. The van der Waals surface area contributed by atoms with E-state index in [2.05, 4.69) is 10.3 Å². The second kappa shape index (κ2) is 4.87. The summed E-state index contributed by atoms with van der Waals surface area (Å²) in [5.41, 5.74) is 6.73. The Balaban J connectivity index is 0.000000605. The molecular formula is C6H11Cl2N3S.